The van der Waals surface area contributed by atoms with Gasteiger partial charge in [0.25, 0.3) is 0 Å². The van der Waals surface area contributed by atoms with Crippen LogP contribution in [-0.4, -0.2) is 27.9 Å². The molecule has 0 saturated carbocycles. The van der Waals surface area contributed by atoms with Gasteiger partial charge in [-0.3, -0.25) is 0 Å². The maximum Gasteiger partial charge on any atom is 0.241 e. The van der Waals surface area contributed by atoms with Crippen molar-refractivity contribution in [3.05, 3.63) is 96.1 Å². The fourth-order valence-electron chi connectivity index (χ4n) is 3.44. The third-order valence-electron chi connectivity index (χ3n) is 5.34. The van der Waals surface area contributed by atoms with E-state index < -0.39 is 24.1 Å². The molecule has 0 heterocycles. The van der Waals surface area contributed by atoms with Crippen molar-refractivity contribution in [3.63, 3.8) is 0 Å². The topological polar surface area (TPSA) is 63.2 Å². The van der Waals surface area contributed by atoms with Gasteiger partial charge in [0.1, 0.15) is 5.41 Å². The molecule has 4 nitrogen and oxygen atoms in total. The minimum absolute atomic E-state index is 0.0340. The quantitative estimate of drug-likeness (QED) is 0.548. The SMILES string of the molecule is Cc1ccc(S(=O)(=O)N[C@@H](Cc2ccccc2)C(=O)[Si](C)(C)c2ccccc2)cc1. The molecule has 3 aromatic carbocycles. The van der Waals surface area contributed by atoms with Crippen LogP contribution in [0.4, 0.5) is 0 Å². The number of aryl methyl sites for hydroxylation is 1. The lowest BCUT2D eigenvalue weighted by atomic mass is 10.1. The number of rotatable bonds is 8. The van der Waals surface area contributed by atoms with Crippen LogP contribution in [0.15, 0.2) is 89.8 Å². The maximum absolute atomic E-state index is 13.7. The van der Waals surface area contributed by atoms with Crippen molar-refractivity contribution in [2.24, 2.45) is 0 Å². The molecule has 0 amide bonds. The van der Waals surface area contributed by atoms with Crippen LogP contribution >= 0.6 is 0 Å². The molecule has 0 bridgehead atoms. The van der Waals surface area contributed by atoms with Crippen molar-refractivity contribution >= 4 is 28.7 Å². The van der Waals surface area contributed by atoms with Crippen molar-refractivity contribution in [1.29, 1.82) is 0 Å². The molecular formula is C24H27NO3SSi. The average Bonchev–Trinajstić information content (AvgIpc) is 2.74. The normalized spacial score (nSPS) is 13.0. The summed E-state index contributed by atoms with van der Waals surface area (Å²) >= 11 is 0. The van der Waals surface area contributed by atoms with Crippen LogP contribution in [0.5, 0.6) is 0 Å². The van der Waals surface area contributed by atoms with Crippen LogP contribution in [0, 0.1) is 6.92 Å². The molecule has 1 N–H and O–H groups in total. The summed E-state index contributed by atoms with van der Waals surface area (Å²) in [7, 11) is -6.41. The van der Waals surface area contributed by atoms with Crippen molar-refractivity contribution in [2.75, 3.05) is 0 Å². The van der Waals surface area contributed by atoms with E-state index in [0.29, 0.717) is 6.42 Å². The number of carbonyl (C=O) groups excluding carboxylic acids is 1. The van der Waals surface area contributed by atoms with Gasteiger partial charge in [0.15, 0.2) is 8.07 Å². The summed E-state index contributed by atoms with van der Waals surface area (Å²) < 4.78 is 28.8. The number of sulfonamides is 1. The third kappa shape index (κ3) is 5.13. The Morgan fingerprint density at radius 2 is 1.40 bits per heavy atom. The number of benzene rings is 3. The number of hydrogen-bond acceptors (Lipinski definition) is 3. The molecule has 0 aliphatic carbocycles. The second-order valence-corrected chi connectivity index (χ2v) is 14.1. The fourth-order valence-corrected chi connectivity index (χ4v) is 7.10. The Balaban J connectivity index is 1.96. The first-order chi connectivity index (χ1) is 14.2. The van der Waals surface area contributed by atoms with Gasteiger partial charge in [-0.15, -0.1) is 0 Å². The Morgan fingerprint density at radius 3 is 1.97 bits per heavy atom. The highest BCUT2D eigenvalue weighted by Crippen LogP contribution is 2.16. The van der Waals surface area contributed by atoms with Gasteiger partial charge in [0.05, 0.1) is 10.9 Å². The molecule has 3 rings (SSSR count). The Morgan fingerprint density at radius 1 is 0.867 bits per heavy atom. The molecule has 0 spiro atoms. The number of nitrogens with one attached hydrogen (secondary N) is 1. The third-order valence-corrected chi connectivity index (χ3v) is 10.2. The van der Waals surface area contributed by atoms with Crippen molar-refractivity contribution in [1.82, 2.24) is 4.72 Å². The van der Waals surface area contributed by atoms with Gasteiger partial charge in [-0.25, -0.2) is 13.1 Å². The zero-order chi connectivity index (χ0) is 21.8. The monoisotopic (exact) mass is 437 g/mol. The summed E-state index contributed by atoms with van der Waals surface area (Å²) in [6.45, 7) is 5.85. The predicted octanol–water partition coefficient (Wildman–Crippen LogP) is 3.61. The van der Waals surface area contributed by atoms with E-state index >= 15 is 0 Å². The molecule has 1 atom stereocenters. The van der Waals surface area contributed by atoms with E-state index in [-0.39, 0.29) is 10.3 Å². The largest absolute Gasteiger partial charge is 0.303 e. The van der Waals surface area contributed by atoms with Crippen LogP contribution in [-0.2, 0) is 21.2 Å². The Bertz CT molecular complexity index is 1100. The van der Waals surface area contributed by atoms with Crippen LogP contribution in [0.1, 0.15) is 11.1 Å². The summed E-state index contributed by atoms with van der Waals surface area (Å²) in [5.74, 6) is 0. The van der Waals surface area contributed by atoms with Crippen molar-refractivity contribution in [2.45, 2.75) is 37.4 Å². The molecule has 30 heavy (non-hydrogen) atoms. The van der Waals surface area contributed by atoms with Gasteiger partial charge < -0.3 is 4.79 Å². The zero-order valence-electron chi connectivity index (χ0n) is 17.5. The second kappa shape index (κ2) is 9.08. The van der Waals surface area contributed by atoms with E-state index in [2.05, 4.69) is 4.72 Å². The molecule has 156 valence electrons. The standard InChI is InChI=1S/C24H27NO3SSi/c1-19-14-16-21(17-15-19)29(27,28)25-23(18-20-10-6-4-7-11-20)24(26)30(2,3)22-12-8-5-9-13-22/h4-17,23,25H,18H2,1-3H3/t23-/m0/s1. The Hall–Kier alpha value is -2.54. The van der Waals surface area contributed by atoms with E-state index in [0.717, 1.165) is 16.3 Å². The average molecular weight is 438 g/mol. The summed E-state index contributed by atoms with van der Waals surface area (Å²) in [5, 5.41) is 0.954. The molecule has 6 heteroatoms. The summed E-state index contributed by atoms with van der Waals surface area (Å²) in [4.78, 5) is 13.8. The molecule has 0 saturated heterocycles. The van der Waals surface area contributed by atoms with Gasteiger partial charge in [-0.2, -0.15) is 0 Å². The van der Waals surface area contributed by atoms with E-state index in [1.807, 2.05) is 80.7 Å². The van der Waals surface area contributed by atoms with E-state index in [4.69, 9.17) is 0 Å². The maximum atomic E-state index is 13.7. The number of carbonyl (C=O) groups is 1. The minimum atomic E-state index is -3.83. The van der Waals surface area contributed by atoms with Crippen molar-refractivity contribution < 1.29 is 13.2 Å². The summed E-state index contributed by atoms with van der Waals surface area (Å²) in [6.07, 6.45) is 0.314. The molecular weight excluding hydrogens is 410 g/mol. The number of hydrogen-bond donors (Lipinski definition) is 1. The van der Waals surface area contributed by atoms with Crippen LogP contribution < -0.4 is 9.91 Å². The lowest BCUT2D eigenvalue weighted by Crippen LogP contribution is -2.59. The Kier molecular flexibility index (Phi) is 6.70. The zero-order valence-corrected chi connectivity index (χ0v) is 19.3. The van der Waals surface area contributed by atoms with E-state index in [1.165, 1.54) is 0 Å². The highest BCUT2D eigenvalue weighted by Gasteiger charge is 2.39. The van der Waals surface area contributed by atoms with Crippen LogP contribution in [0.3, 0.4) is 0 Å². The van der Waals surface area contributed by atoms with Gasteiger partial charge in [0, 0.05) is 0 Å². The minimum Gasteiger partial charge on any atom is -0.303 e. The summed E-state index contributed by atoms with van der Waals surface area (Å²) in [5.41, 5.74) is 1.89. The highest BCUT2D eigenvalue weighted by molar-refractivity contribution is 7.89. The molecule has 3 aromatic rings. The van der Waals surface area contributed by atoms with Gasteiger partial charge in [0.2, 0.25) is 10.0 Å². The molecule has 0 unspecified atom stereocenters. The molecule has 0 radical (unpaired) electrons. The lowest BCUT2D eigenvalue weighted by molar-refractivity contribution is -0.114. The summed E-state index contributed by atoms with van der Waals surface area (Å²) in [6, 6.07) is 25.0. The van der Waals surface area contributed by atoms with Gasteiger partial charge in [-0.1, -0.05) is 96.6 Å². The Labute approximate surface area is 180 Å². The molecule has 0 aromatic heterocycles. The smallest absolute Gasteiger partial charge is 0.241 e. The fraction of sp³-hybridized carbons (Fsp3) is 0.208. The molecule has 0 aliphatic rings. The molecule has 0 fully saturated rings. The van der Waals surface area contributed by atoms with Gasteiger partial charge >= 0.3 is 0 Å². The first-order valence-corrected chi connectivity index (χ1v) is 14.4. The first kappa shape index (κ1) is 22.1. The van der Waals surface area contributed by atoms with Gasteiger partial charge in [-0.05, 0) is 31.0 Å². The van der Waals surface area contributed by atoms with Crippen LogP contribution in [0.2, 0.25) is 13.1 Å². The molecule has 0 aliphatic heterocycles. The van der Waals surface area contributed by atoms with E-state index in [1.54, 1.807) is 24.3 Å². The van der Waals surface area contributed by atoms with Crippen LogP contribution in [0.25, 0.3) is 0 Å². The van der Waals surface area contributed by atoms with Crippen molar-refractivity contribution in [3.8, 4) is 0 Å². The lowest BCUT2D eigenvalue weighted by Gasteiger charge is -2.28. The highest BCUT2D eigenvalue weighted by atomic mass is 32.2. The second-order valence-electron chi connectivity index (χ2n) is 8.03. The first-order valence-electron chi connectivity index (χ1n) is 9.93. The van der Waals surface area contributed by atoms with E-state index in [9.17, 15) is 13.2 Å². The predicted molar refractivity (Wildman–Crippen MR) is 124 cm³/mol.